The average molecular weight is 302 g/mol. The highest BCUT2D eigenvalue weighted by Crippen LogP contribution is 2.43. The Morgan fingerprint density at radius 3 is 2.68 bits per heavy atom. The van der Waals surface area contributed by atoms with Crippen LogP contribution in [-0.2, 0) is 11.2 Å². The number of likely N-dealkylation sites (tertiary alicyclic amines) is 2. The van der Waals surface area contributed by atoms with Crippen LogP contribution in [0.2, 0.25) is 0 Å². The molecule has 3 nitrogen and oxygen atoms in total. The molecule has 3 rings (SSSR count). The van der Waals surface area contributed by atoms with Crippen molar-refractivity contribution in [2.45, 2.75) is 19.8 Å². The largest absolute Gasteiger partial charge is 0.384 e. The molecule has 2 saturated heterocycles. The van der Waals surface area contributed by atoms with Crippen LogP contribution in [0.25, 0.3) is 0 Å². The van der Waals surface area contributed by atoms with Gasteiger partial charge in [-0.3, -0.25) is 0 Å². The Balaban J connectivity index is 1.58. The van der Waals surface area contributed by atoms with Gasteiger partial charge in [0.15, 0.2) is 0 Å². The van der Waals surface area contributed by atoms with E-state index in [1.165, 1.54) is 57.7 Å². The molecule has 0 saturated carbocycles. The minimum Gasteiger partial charge on any atom is -0.384 e. The Bertz CT molecular complexity index is 464. The van der Waals surface area contributed by atoms with Gasteiger partial charge in [0.25, 0.3) is 0 Å². The van der Waals surface area contributed by atoms with Crippen LogP contribution in [0, 0.1) is 11.3 Å². The molecule has 0 radical (unpaired) electrons. The first-order valence-corrected chi connectivity index (χ1v) is 8.73. The lowest BCUT2D eigenvalue weighted by Gasteiger charge is -2.30. The zero-order valence-electron chi connectivity index (χ0n) is 14.1. The van der Waals surface area contributed by atoms with Crippen molar-refractivity contribution in [1.82, 2.24) is 9.80 Å². The van der Waals surface area contributed by atoms with E-state index in [4.69, 9.17) is 4.74 Å². The average Bonchev–Trinajstić information content (AvgIpc) is 3.12. The molecule has 1 spiro atoms. The summed E-state index contributed by atoms with van der Waals surface area (Å²) in [7, 11) is 1.85. The topological polar surface area (TPSA) is 15.7 Å². The zero-order chi connectivity index (χ0) is 15.4. The van der Waals surface area contributed by atoms with Gasteiger partial charge in [-0.1, -0.05) is 37.3 Å². The van der Waals surface area contributed by atoms with Gasteiger partial charge in [0.1, 0.15) is 0 Å². The molecule has 2 heterocycles. The van der Waals surface area contributed by atoms with E-state index in [-0.39, 0.29) is 0 Å². The van der Waals surface area contributed by atoms with E-state index in [0.717, 1.165) is 6.61 Å². The quantitative estimate of drug-likeness (QED) is 0.803. The van der Waals surface area contributed by atoms with Crippen molar-refractivity contribution >= 4 is 0 Å². The van der Waals surface area contributed by atoms with Crippen molar-refractivity contribution in [2.24, 2.45) is 11.3 Å². The van der Waals surface area contributed by atoms with Gasteiger partial charge in [-0.05, 0) is 31.5 Å². The minimum atomic E-state index is 0.475. The Labute approximate surface area is 135 Å². The van der Waals surface area contributed by atoms with E-state index in [0.29, 0.717) is 11.3 Å². The van der Waals surface area contributed by atoms with E-state index < -0.39 is 0 Å². The number of rotatable bonds is 6. The van der Waals surface area contributed by atoms with Crippen molar-refractivity contribution in [3.8, 4) is 0 Å². The number of hydrogen-bond donors (Lipinski definition) is 0. The smallest absolute Gasteiger partial charge is 0.0509 e. The summed E-state index contributed by atoms with van der Waals surface area (Å²) in [6, 6.07) is 10.9. The van der Waals surface area contributed by atoms with Crippen LogP contribution in [0.4, 0.5) is 0 Å². The second kappa shape index (κ2) is 7.12. The summed E-state index contributed by atoms with van der Waals surface area (Å²) in [5.74, 6) is 0.708. The van der Waals surface area contributed by atoms with Gasteiger partial charge in [0, 0.05) is 44.6 Å². The Morgan fingerprint density at radius 1 is 1.18 bits per heavy atom. The Kier molecular flexibility index (Phi) is 5.17. The maximum Gasteiger partial charge on any atom is 0.0509 e. The summed E-state index contributed by atoms with van der Waals surface area (Å²) < 4.78 is 5.52. The molecule has 1 aromatic carbocycles. The second-order valence-electron chi connectivity index (χ2n) is 7.10. The molecule has 2 fully saturated rings. The first-order valence-electron chi connectivity index (χ1n) is 8.73. The second-order valence-corrected chi connectivity index (χ2v) is 7.10. The summed E-state index contributed by atoms with van der Waals surface area (Å²) in [6.07, 6.45) is 2.51. The first-order chi connectivity index (χ1) is 10.8. The van der Waals surface area contributed by atoms with Gasteiger partial charge in [0.2, 0.25) is 0 Å². The van der Waals surface area contributed by atoms with Crippen LogP contribution in [0.3, 0.4) is 0 Å². The van der Waals surface area contributed by atoms with Gasteiger partial charge in [0.05, 0.1) is 6.61 Å². The molecule has 2 aliphatic rings. The summed E-state index contributed by atoms with van der Waals surface area (Å²) in [5, 5.41) is 0. The summed E-state index contributed by atoms with van der Waals surface area (Å²) in [5.41, 5.74) is 1.93. The van der Waals surface area contributed by atoms with Gasteiger partial charge in [-0.25, -0.2) is 0 Å². The van der Waals surface area contributed by atoms with Gasteiger partial charge in [-0.2, -0.15) is 0 Å². The summed E-state index contributed by atoms with van der Waals surface area (Å²) >= 11 is 0. The molecule has 0 bridgehead atoms. The fraction of sp³-hybridized carbons (Fsp3) is 0.684. The van der Waals surface area contributed by atoms with E-state index in [9.17, 15) is 0 Å². The lowest BCUT2D eigenvalue weighted by molar-refractivity contribution is 0.0965. The van der Waals surface area contributed by atoms with E-state index in [2.05, 4.69) is 47.1 Å². The SMILES string of the molecule is CCN1C[C@@H](COC)[C@@]2(CCN(CCc3ccccc3)C2)C1. The molecule has 0 amide bonds. The molecular weight excluding hydrogens is 272 g/mol. The Hall–Kier alpha value is -0.900. The first kappa shape index (κ1) is 16.0. The van der Waals surface area contributed by atoms with Crippen molar-refractivity contribution in [3.05, 3.63) is 35.9 Å². The molecule has 2 aliphatic heterocycles. The van der Waals surface area contributed by atoms with Gasteiger partial charge < -0.3 is 14.5 Å². The monoisotopic (exact) mass is 302 g/mol. The molecule has 22 heavy (non-hydrogen) atoms. The van der Waals surface area contributed by atoms with Crippen LogP contribution in [-0.4, -0.2) is 62.8 Å². The van der Waals surface area contributed by atoms with Crippen molar-refractivity contribution in [2.75, 3.05) is 53.0 Å². The fourth-order valence-electron chi connectivity index (χ4n) is 4.39. The highest BCUT2D eigenvalue weighted by molar-refractivity contribution is 5.15. The van der Waals surface area contributed by atoms with Crippen LogP contribution in [0.15, 0.2) is 30.3 Å². The number of hydrogen-bond acceptors (Lipinski definition) is 3. The molecular formula is C19H30N2O. The van der Waals surface area contributed by atoms with Crippen molar-refractivity contribution in [3.63, 3.8) is 0 Å². The minimum absolute atomic E-state index is 0.475. The highest BCUT2D eigenvalue weighted by Gasteiger charge is 2.49. The lowest BCUT2D eigenvalue weighted by Crippen LogP contribution is -2.36. The molecule has 0 aromatic heterocycles. The fourth-order valence-corrected chi connectivity index (χ4v) is 4.39. The normalized spacial score (nSPS) is 29.6. The zero-order valence-corrected chi connectivity index (χ0v) is 14.1. The van der Waals surface area contributed by atoms with E-state index >= 15 is 0 Å². The maximum absolute atomic E-state index is 5.52. The molecule has 122 valence electrons. The number of methoxy groups -OCH3 is 1. The number of nitrogens with zero attached hydrogens (tertiary/aromatic N) is 2. The molecule has 3 heteroatoms. The third-order valence-corrected chi connectivity index (χ3v) is 5.72. The molecule has 2 atom stereocenters. The standard InChI is InChI=1S/C19H30N2O/c1-3-20-13-18(14-22-2)19(15-20)10-12-21(16-19)11-9-17-7-5-4-6-8-17/h4-8,18H,3,9-16H2,1-2H3/t18-,19-/m0/s1. The molecule has 0 aliphatic carbocycles. The van der Waals surface area contributed by atoms with E-state index in [1.54, 1.807) is 0 Å². The molecule has 0 unspecified atom stereocenters. The summed E-state index contributed by atoms with van der Waals surface area (Å²) in [4.78, 5) is 5.29. The third-order valence-electron chi connectivity index (χ3n) is 5.72. The maximum atomic E-state index is 5.52. The van der Waals surface area contributed by atoms with Crippen LogP contribution in [0.1, 0.15) is 18.9 Å². The van der Waals surface area contributed by atoms with Crippen molar-refractivity contribution in [1.29, 1.82) is 0 Å². The Morgan fingerprint density at radius 2 is 1.95 bits per heavy atom. The molecule has 0 N–H and O–H groups in total. The van der Waals surface area contributed by atoms with E-state index in [1.807, 2.05) is 7.11 Å². The van der Waals surface area contributed by atoms with Crippen molar-refractivity contribution < 1.29 is 4.74 Å². The van der Waals surface area contributed by atoms with Crippen LogP contribution < -0.4 is 0 Å². The van der Waals surface area contributed by atoms with Crippen LogP contribution in [0.5, 0.6) is 0 Å². The van der Waals surface area contributed by atoms with Gasteiger partial charge >= 0.3 is 0 Å². The molecule has 1 aromatic rings. The number of ether oxygens (including phenoxy) is 1. The van der Waals surface area contributed by atoms with Crippen LogP contribution >= 0.6 is 0 Å². The third kappa shape index (κ3) is 3.37. The lowest BCUT2D eigenvalue weighted by atomic mass is 9.77. The predicted octanol–water partition coefficient (Wildman–Crippen LogP) is 2.52. The summed E-state index contributed by atoms with van der Waals surface area (Å²) in [6.45, 7) is 10.6. The predicted molar refractivity (Wildman–Crippen MR) is 91.1 cm³/mol. The number of benzene rings is 1. The van der Waals surface area contributed by atoms with Gasteiger partial charge in [-0.15, -0.1) is 0 Å². The highest BCUT2D eigenvalue weighted by atomic mass is 16.5.